The number of aldehydes is 1. The fourth-order valence-electron chi connectivity index (χ4n) is 1.25. The number of rotatable bonds is 3. The fourth-order valence-corrected chi connectivity index (χ4v) is 1.25. The first kappa shape index (κ1) is 11.1. The van der Waals surface area contributed by atoms with Gasteiger partial charge in [-0.25, -0.2) is 9.37 Å². The molecule has 17 heavy (non-hydrogen) atoms. The number of nitrogens with zero attached hydrogens (tertiary/aromatic N) is 1. The van der Waals surface area contributed by atoms with Crippen LogP contribution in [0.5, 0.6) is 17.2 Å². The molecule has 0 atom stereocenters. The van der Waals surface area contributed by atoms with Crippen molar-refractivity contribution in [2.45, 2.75) is 0 Å². The number of benzene rings is 1. The Morgan fingerprint density at radius 3 is 2.76 bits per heavy atom. The lowest BCUT2D eigenvalue weighted by atomic mass is 10.3. The van der Waals surface area contributed by atoms with Crippen molar-refractivity contribution in [2.24, 2.45) is 0 Å². The third-order valence-electron chi connectivity index (χ3n) is 2.05. The summed E-state index contributed by atoms with van der Waals surface area (Å²) in [5.41, 5.74) is -0.0918. The molecule has 0 aliphatic carbocycles. The van der Waals surface area contributed by atoms with Gasteiger partial charge < -0.3 is 9.84 Å². The third-order valence-corrected chi connectivity index (χ3v) is 2.05. The lowest BCUT2D eigenvalue weighted by molar-refractivity contribution is 0.111. The summed E-state index contributed by atoms with van der Waals surface area (Å²) in [5.74, 6) is -0.661. The Hall–Kier alpha value is -2.43. The molecule has 1 N–H and O–H groups in total. The highest BCUT2D eigenvalue weighted by Gasteiger charge is 2.07. The maximum atomic E-state index is 13.3. The molecule has 4 nitrogen and oxygen atoms in total. The van der Waals surface area contributed by atoms with E-state index in [1.165, 1.54) is 30.5 Å². The van der Waals surface area contributed by atoms with E-state index in [0.717, 1.165) is 0 Å². The number of ether oxygens (including phenoxy) is 1. The molecule has 0 unspecified atom stereocenters. The molecule has 0 fully saturated rings. The highest BCUT2D eigenvalue weighted by Crippen LogP contribution is 2.26. The summed E-state index contributed by atoms with van der Waals surface area (Å²) in [4.78, 5) is 14.1. The van der Waals surface area contributed by atoms with Crippen LogP contribution in [-0.2, 0) is 0 Å². The SMILES string of the molecule is O=Cc1ncc(Oc2ccccc2F)cc1O. The molecule has 0 aliphatic heterocycles. The van der Waals surface area contributed by atoms with Gasteiger partial charge >= 0.3 is 0 Å². The number of carbonyl (C=O) groups excluding carboxylic acids is 1. The van der Waals surface area contributed by atoms with E-state index >= 15 is 0 Å². The second kappa shape index (κ2) is 4.61. The molecule has 0 aliphatic rings. The lowest BCUT2D eigenvalue weighted by Crippen LogP contribution is -1.91. The Morgan fingerprint density at radius 2 is 2.12 bits per heavy atom. The third kappa shape index (κ3) is 2.39. The van der Waals surface area contributed by atoms with Gasteiger partial charge in [0.25, 0.3) is 0 Å². The summed E-state index contributed by atoms with van der Waals surface area (Å²) in [6, 6.07) is 7.05. The minimum Gasteiger partial charge on any atom is -0.505 e. The first-order chi connectivity index (χ1) is 8.20. The molecule has 0 radical (unpaired) electrons. The summed E-state index contributed by atoms with van der Waals surface area (Å²) >= 11 is 0. The minimum atomic E-state index is -0.522. The molecule has 2 rings (SSSR count). The number of halogens is 1. The van der Waals surface area contributed by atoms with E-state index < -0.39 is 5.82 Å². The van der Waals surface area contributed by atoms with Crippen LogP contribution in [0.1, 0.15) is 10.5 Å². The van der Waals surface area contributed by atoms with E-state index in [4.69, 9.17) is 4.74 Å². The average molecular weight is 233 g/mol. The quantitative estimate of drug-likeness (QED) is 0.827. The van der Waals surface area contributed by atoms with Gasteiger partial charge in [-0.2, -0.15) is 0 Å². The number of aromatic nitrogens is 1. The van der Waals surface area contributed by atoms with Crippen LogP contribution >= 0.6 is 0 Å². The largest absolute Gasteiger partial charge is 0.505 e. The molecule has 86 valence electrons. The van der Waals surface area contributed by atoms with Crippen molar-refractivity contribution in [1.29, 1.82) is 0 Å². The second-order valence-corrected chi connectivity index (χ2v) is 3.23. The Bertz CT molecular complexity index is 557. The standard InChI is InChI=1S/C12H8FNO3/c13-9-3-1-2-4-12(9)17-8-5-11(16)10(7-15)14-6-8/h1-7,16H. The molecule has 1 aromatic carbocycles. The van der Waals surface area contributed by atoms with Gasteiger partial charge in [0.05, 0.1) is 6.20 Å². The number of carbonyl (C=O) groups is 1. The van der Waals surface area contributed by atoms with Crippen LogP contribution in [0.3, 0.4) is 0 Å². The molecular weight excluding hydrogens is 225 g/mol. The van der Waals surface area contributed by atoms with E-state index in [1.807, 2.05) is 0 Å². The smallest absolute Gasteiger partial charge is 0.172 e. The number of hydrogen-bond donors (Lipinski definition) is 1. The predicted molar refractivity (Wildman–Crippen MR) is 57.8 cm³/mol. The van der Waals surface area contributed by atoms with Crippen LogP contribution in [0.2, 0.25) is 0 Å². The van der Waals surface area contributed by atoms with E-state index in [0.29, 0.717) is 6.29 Å². The molecule has 0 saturated heterocycles. The molecule has 2 aromatic rings. The first-order valence-corrected chi connectivity index (χ1v) is 4.77. The van der Waals surface area contributed by atoms with E-state index in [1.54, 1.807) is 6.07 Å². The number of pyridine rings is 1. The van der Waals surface area contributed by atoms with Crippen molar-refractivity contribution in [3.63, 3.8) is 0 Å². The highest BCUT2D eigenvalue weighted by atomic mass is 19.1. The molecule has 5 heteroatoms. The zero-order valence-electron chi connectivity index (χ0n) is 8.63. The van der Waals surface area contributed by atoms with Gasteiger partial charge in [-0.15, -0.1) is 0 Å². The lowest BCUT2D eigenvalue weighted by Gasteiger charge is -2.06. The predicted octanol–water partition coefficient (Wildman–Crippen LogP) is 2.53. The molecule has 1 heterocycles. The van der Waals surface area contributed by atoms with Gasteiger partial charge in [0.15, 0.2) is 17.9 Å². The molecule has 0 spiro atoms. The van der Waals surface area contributed by atoms with Crippen molar-refractivity contribution in [3.8, 4) is 17.2 Å². The summed E-state index contributed by atoms with van der Waals surface area (Å²) in [6.45, 7) is 0. The van der Waals surface area contributed by atoms with Crippen LogP contribution in [-0.4, -0.2) is 16.4 Å². The van der Waals surface area contributed by atoms with Crippen molar-refractivity contribution < 1.29 is 19.0 Å². The van der Waals surface area contributed by atoms with Gasteiger partial charge in [0.1, 0.15) is 17.2 Å². The maximum Gasteiger partial charge on any atom is 0.172 e. The van der Waals surface area contributed by atoms with Crippen molar-refractivity contribution in [3.05, 3.63) is 48.0 Å². The minimum absolute atomic E-state index is 0.0209. The molecule has 0 bridgehead atoms. The Labute approximate surface area is 96.3 Å². The Kier molecular flexibility index (Phi) is 3.00. The molecular formula is C12H8FNO3. The first-order valence-electron chi connectivity index (χ1n) is 4.77. The monoisotopic (exact) mass is 233 g/mol. The van der Waals surface area contributed by atoms with Crippen molar-refractivity contribution >= 4 is 6.29 Å². The van der Waals surface area contributed by atoms with Crippen LogP contribution in [0, 0.1) is 5.82 Å². The van der Waals surface area contributed by atoms with Crippen LogP contribution in [0.4, 0.5) is 4.39 Å². The summed E-state index contributed by atoms with van der Waals surface area (Å²) in [6.07, 6.45) is 1.65. The van der Waals surface area contributed by atoms with Crippen LogP contribution < -0.4 is 4.74 Å². The zero-order valence-corrected chi connectivity index (χ0v) is 8.63. The van der Waals surface area contributed by atoms with Crippen LogP contribution in [0.25, 0.3) is 0 Å². The van der Waals surface area contributed by atoms with Gasteiger partial charge in [0.2, 0.25) is 0 Å². The van der Waals surface area contributed by atoms with Gasteiger partial charge in [-0.3, -0.25) is 4.79 Å². The van der Waals surface area contributed by atoms with E-state index in [9.17, 15) is 14.3 Å². The van der Waals surface area contributed by atoms with Crippen LogP contribution in [0.15, 0.2) is 36.5 Å². The van der Waals surface area contributed by atoms with Crippen molar-refractivity contribution in [1.82, 2.24) is 4.98 Å². The Morgan fingerprint density at radius 1 is 1.35 bits per heavy atom. The fraction of sp³-hybridized carbons (Fsp3) is 0. The summed E-state index contributed by atoms with van der Waals surface area (Å²) in [5, 5.41) is 9.37. The number of para-hydroxylation sites is 1. The van der Waals surface area contributed by atoms with E-state index in [-0.39, 0.29) is 22.9 Å². The molecule has 0 saturated carbocycles. The number of aromatic hydroxyl groups is 1. The number of hydrogen-bond acceptors (Lipinski definition) is 4. The maximum absolute atomic E-state index is 13.3. The molecule has 1 aromatic heterocycles. The van der Waals surface area contributed by atoms with Gasteiger partial charge in [-0.05, 0) is 12.1 Å². The summed E-state index contributed by atoms with van der Waals surface area (Å²) < 4.78 is 18.4. The molecule has 0 amide bonds. The zero-order chi connectivity index (χ0) is 12.3. The normalized spacial score (nSPS) is 9.94. The average Bonchev–Trinajstić information content (AvgIpc) is 2.32. The summed E-state index contributed by atoms with van der Waals surface area (Å²) in [7, 11) is 0. The van der Waals surface area contributed by atoms with Gasteiger partial charge in [-0.1, -0.05) is 12.1 Å². The highest BCUT2D eigenvalue weighted by molar-refractivity contribution is 5.76. The van der Waals surface area contributed by atoms with Crippen molar-refractivity contribution in [2.75, 3.05) is 0 Å². The van der Waals surface area contributed by atoms with E-state index in [2.05, 4.69) is 4.98 Å². The second-order valence-electron chi connectivity index (χ2n) is 3.23. The topological polar surface area (TPSA) is 59.4 Å². The Balaban J connectivity index is 2.28. The van der Waals surface area contributed by atoms with Gasteiger partial charge in [0, 0.05) is 6.07 Å².